The Labute approximate surface area is 161 Å². The second kappa shape index (κ2) is 9.79. The van der Waals surface area contributed by atoms with Gasteiger partial charge in [0.05, 0.1) is 5.25 Å². The molecule has 3 nitrogen and oxygen atoms in total. The molecule has 26 heavy (non-hydrogen) atoms. The van der Waals surface area contributed by atoms with Gasteiger partial charge in [0, 0.05) is 18.8 Å². The molecule has 3 rings (SSSR count). The standard InChI is InChI=1S/C22H28N2OS/c1-18(26-17-21-7-3-2-4-8-21)22(25)23-15-19-9-11-20(12-10-19)16-24-13-5-6-14-24/h2-4,7-12,18H,5-6,13-17H2,1H3,(H,23,25)/t18-/m0/s1. The number of likely N-dealkylation sites (tertiary alicyclic amines) is 1. The molecule has 1 N–H and O–H groups in total. The summed E-state index contributed by atoms with van der Waals surface area (Å²) in [5.41, 5.74) is 3.77. The molecule has 0 saturated carbocycles. The van der Waals surface area contributed by atoms with Crippen molar-refractivity contribution in [1.29, 1.82) is 0 Å². The summed E-state index contributed by atoms with van der Waals surface area (Å²) in [5.74, 6) is 0.966. The van der Waals surface area contributed by atoms with Crippen LogP contribution in [0, 0.1) is 0 Å². The van der Waals surface area contributed by atoms with E-state index in [0.29, 0.717) is 6.54 Å². The maximum atomic E-state index is 12.3. The Bertz CT molecular complexity index is 681. The van der Waals surface area contributed by atoms with Crippen molar-refractivity contribution in [2.75, 3.05) is 13.1 Å². The minimum Gasteiger partial charge on any atom is -0.351 e. The fourth-order valence-corrected chi connectivity index (χ4v) is 4.04. The van der Waals surface area contributed by atoms with Crippen LogP contribution in [-0.4, -0.2) is 29.1 Å². The number of hydrogen-bond donors (Lipinski definition) is 1. The highest BCUT2D eigenvalue weighted by Gasteiger charge is 2.14. The lowest BCUT2D eigenvalue weighted by Gasteiger charge is -2.15. The van der Waals surface area contributed by atoms with Crippen molar-refractivity contribution in [3.8, 4) is 0 Å². The van der Waals surface area contributed by atoms with E-state index in [1.165, 1.54) is 37.1 Å². The van der Waals surface area contributed by atoms with Crippen LogP contribution in [0.3, 0.4) is 0 Å². The van der Waals surface area contributed by atoms with Crippen LogP contribution in [0.25, 0.3) is 0 Å². The van der Waals surface area contributed by atoms with Gasteiger partial charge in [-0.05, 0) is 49.5 Å². The van der Waals surface area contributed by atoms with E-state index in [9.17, 15) is 4.79 Å². The fraction of sp³-hybridized carbons (Fsp3) is 0.409. The van der Waals surface area contributed by atoms with Gasteiger partial charge in [-0.25, -0.2) is 0 Å². The zero-order valence-corrected chi connectivity index (χ0v) is 16.3. The van der Waals surface area contributed by atoms with Gasteiger partial charge in [-0.2, -0.15) is 0 Å². The summed E-state index contributed by atoms with van der Waals surface area (Å²) in [7, 11) is 0. The first-order valence-electron chi connectivity index (χ1n) is 9.44. The molecule has 138 valence electrons. The van der Waals surface area contributed by atoms with Crippen molar-refractivity contribution >= 4 is 17.7 Å². The minimum absolute atomic E-state index is 0.0513. The van der Waals surface area contributed by atoms with Crippen molar-refractivity contribution in [1.82, 2.24) is 10.2 Å². The average Bonchev–Trinajstić information content (AvgIpc) is 3.19. The van der Waals surface area contributed by atoms with Crippen LogP contribution in [0.2, 0.25) is 0 Å². The summed E-state index contributed by atoms with van der Waals surface area (Å²) in [4.78, 5) is 14.8. The van der Waals surface area contributed by atoms with Crippen LogP contribution < -0.4 is 5.32 Å². The molecule has 1 saturated heterocycles. The third-order valence-corrected chi connectivity index (χ3v) is 6.02. The van der Waals surface area contributed by atoms with E-state index in [0.717, 1.165) is 17.9 Å². The zero-order chi connectivity index (χ0) is 18.2. The Morgan fingerprint density at radius 3 is 2.35 bits per heavy atom. The number of carbonyl (C=O) groups excluding carboxylic acids is 1. The van der Waals surface area contributed by atoms with Crippen molar-refractivity contribution in [3.05, 3.63) is 71.3 Å². The van der Waals surface area contributed by atoms with Gasteiger partial charge in [0.1, 0.15) is 0 Å². The molecule has 1 atom stereocenters. The molecule has 0 bridgehead atoms. The van der Waals surface area contributed by atoms with Crippen molar-refractivity contribution in [3.63, 3.8) is 0 Å². The molecule has 0 aliphatic carbocycles. The van der Waals surface area contributed by atoms with Crippen LogP contribution in [0.15, 0.2) is 54.6 Å². The summed E-state index contributed by atoms with van der Waals surface area (Å²) in [6.07, 6.45) is 2.65. The highest BCUT2D eigenvalue weighted by Crippen LogP contribution is 2.18. The van der Waals surface area contributed by atoms with E-state index in [1.807, 2.05) is 25.1 Å². The van der Waals surface area contributed by atoms with Crippen molar-refractivity contribution in [2.45, 2.75) is 43.9 Å². The Morgan fingerprint density at radius 1 is 1.00 bits per heavy atom. The van der Waals surface area contributed by atoms with Gasteiger partial charge < -0.3 is 5.32 Å². The largest absolute Gasteiger partial charge is 0.351 e. The maximum absolute atomic E-state index is 12.3. The fourth-order valence-electron chi connectivity index (χ4n) is 3.17. The second-order valence-electron chi connectivity index (χ2n) is 6.96. The summed E-state index contributed by atoms with van der Waals surface area (Å²) in [5, 5.41) is 3.01. The lowest BCUT2D eigenvalue weighted by atomic mass is 10.1. The smallest absolute Gasteiger partial charge is 0.233 e. The molecule has 2 aromatic rings. The molecule has 1 fully saturated rings. The topological polar surface area (TPSA) is 32.3 Å². The van der Waals surface area contributed by atoms with Crippen molar-refractivity contribution < 1.29 is 4.79 Å². The molecule has 2 aromatic carbocycles. The van der Waals surface area contributed by atoms with Crippen LogP contribution in [-0.2, 0) is 23.6 Å². The highest BCUT2D eigenvalue weighted by molar-refractivity contribution is 7.99. The maximum Gasteiger partial charge on any atom is 0.233 e. The molecular formula is C22H28N2OS. The third-order valence-electron chi connectivity index (χ3n) is 4.81. The number of rotatable bonds is 8. The lowest BCUT2D eigenvalue weighted by molar-refractivity contribution is -0.120. The second-order valence-corrected chi connectivity index (χ2v) is 8.29. The molecule has 4 heteroatoms. The van der Waals surface area contributed by atoms with Crippen LogP contribution >= 0.6 is 11.8 Å². The lowest BCUT2D eigenvalue weighted by Crippen LogP contribution is -2.30. The quantitative estimate of drug-likeness (QED) is 0.757. The molecule has 0 spiro atoms. The van der Waals surface area contributed by atoms with E-state index in [1.54, 1.807) is 11.8 Å². The number of nitrogens with zero attached hydrogens (tertiary/aromatic N) is 1. The predicted molar refractivity (Wildman–Crippen MR) is 110 cm³/mol. The minimum atomic E-state index is -0.0513. The van der Waals surface area contributed by atoms with Gasteiger partial charge in [-0.3, -0.25) is 9.69 Å². The Morgan fingerprint density at radius 2 is 1.65 bits per heavy atom. The number of thioether (sulfide) groups is 1. The van der Waals surface area contributed by atoms with Gasteiger partial charge in [-0.1, -0.05) is 54.6 Å². The Balaban J connectivity index is 1.40. The highest BCUT2D eigenvalue weighted by atomic mass is 32.2. The van der Waals surface area contributed by atoms with Gasteiger partial charge in [0.15, 0.2) is 0 Å². The molecule has 1 heterocycles. The molecule has 1 aliphatic rings. The number of carbonyl (C=O) groups is 1. The number of hydrogen-bond acceptors (Lipinski definition) is 3. The molecule has 0 unspecified atom stereocenters. The van der Waals surface area contributed by atoms with E-state index in [-0.39, 0.29) is 11.2 Å². The molecular weight excluding hydrogens is 340 g/mol. The first kappa shape index (κ1) is 19.0. The third kappa shape index (κ3) is 5.89. The summed E-state index contributed by atoms with van der Waals surface area (Å²) >= 11 is 1.68. The summed E-state index contributed by atoms with van der Waals surface area (Å²) < 4.78 is 0. The van der Waals surface area contributed by atoms with E-state index in [4.69, 9.17) is 0 Å². The molecule has 0 radical (unpaired) electrons. The zero-order valence-electron chi connectivity index (χ0n) is 15.5. The predicted octanol–water partition coefficient (Wildman–Crippen LogP) is 4.22. The van der Waals surface area contributed by atoms with Gasteiger partial charge in [-0.15, -0.1) is 11.8 Å². The monoisotopic (exact) mass is 368 g/mol. The van der Waals surface area contributed by atoms with Gasteiger partial charge in [0.25, 0.3) is 0 Å². The SMILES string of the molecule is C[C@H](SCc1ccccc1)C(=O)NCc1ccc(CN2CCCC2)cc1. The first-order chi connectivity index (χ1) is 12.7. The number of nitrogens with one attached hydrogen (secondary N) is 1. The summed E-state index contributed by atoms with van der Waals surface area (Å²) in [6, 6.07) is 18.9. The molecule has 1 amide bonds. The average molecular weight is 369 g/mol. The number of amides is 1. The van der Waals surface area contributed by atoms with E-state index in [2.05, 4.69) is 46.6 Å². The normalized spacial score (nSPS) is 15.7. The molecule has 0 aromatic heterocycles. The van der Waals surface area contributed by atoms with Crippen molar-refractivity contribution in [2.24, 2.45) is 0 Å². The molecule has 1 aliphatic heterocycles. The van der Waals surface area contributed by atoms with Crippen LogP contribution in [0.5, 0.6) is 0 Å². The van der Waals surface area contributed by atoms with Crippen LogP contribution in [0.1, 0.15) is 36.5 Å². The first-order valence-corrected chi connectivity index (χ1v) is 10.5. The summed E-state index contributed by atoms with van der Waals surface area (Å²) in [6.45, 7) is 6.05. The van der Waals surface area contributed by atoms with Gasteiger partial charge >= 0.3 is 0 Å². The van der Waals surface area contributed by atoms with E-state index >= 15 is 0 Å². The van der Waals surface area contributed by atoms with Gasteiger partial charge in [0.2, 0.25) is 5.91 Å². The van der Waals surface area contributed by atoms with E-state index < -0.39 is 0 Å². The number of benzene rings is 2. The Kier molecular flexibility index (Phi) is 7.15. The Hall–Kier alpha value is -1.78. The van der Waals surface area contributed by atoms with Crippen LogP contribution in [0.4, 0.5) is 0 Å².